The van der Waals surface area contributed by atoms with Gasteiger partial charge in [-0.1, -0.05) is 12.1 Å². The molecule has 2 aromatic heterocycles. The molecule has 7 heteroatoms. The van der Waals surface area contributed by atoms with Gasteiger partial charge in [0.2, 0.25) is 5.95 Å². The summed E-state index contributed by atoms with van der Waals surface area (Å²) in [6.45, 7) is 0. The summed E-state index contributed by atoms with van der Waals surface area (Å²) in [6.07, 6.45) is 3.11. The summed E-state index contributed by atoms with van der Waals surface area (Å²) in [5, 5.41) is 5.53. The highest BCUT2D eigenvalue weighted by atomic mass is 16.2. The maximum Gasteiger partial charge on any atom is 0.326 e. The van der Waals surface area contributed by atoms with Gasteiger partial charge < -0.3 is 5.32 Å². The van der Waals surface area contributed by atoms with Gasteiger partial charge in [0, 0.05) is 6.20 Å². The van der Waals surface area contributed by atoms with Crippen LogP contribution in [0.3, 0.4) is 0 Å². The van der Waals surface area contributed by atoms with Gasteiger partial charge in [0.15, 0.2) is 0 Å². The summed E-state index contributed by atoms with van der Waals surface area (Å²) in [6, 6.07) is 9.78. The van der Waals surface area contributed by atoms with Gasteiger partial charge in [-0.15, -0.1) is 0 Å². The lowest BCUT2D eigenvalue weighted by Gasteiger charge is -2.06. The molecule has 0 saturated carbocycles. The van der Waals surface area contributed by atoms with E-state index in [9.17, 15) is 9.59 Å². The van der Waals surface area contributed by atoms with Crippen LogP contribution in [-0.2, 0) is 0 Å². The van der Waals surface area contributed by atoms with Crippen molar-refractivity contribution in [2.45, 2.75) is 0 Å². The summed E-state index contributed by atoms with van der Waals surface area (Å²) < 4.78 is 0. The maximum absolute atomic E-state index is 11.9. The van der Waals surface area contributed by atoms with Gasteiger partial charge in [0.25, 0.3) is 5.56 Å². The molecule has 3 rings (SSSR count). The summed E-state index contributed by atoms with van der Waals surface area (Å²) in [7, 11) is 0. The number of aromatic nitrogens is 3. The number of H-pyrrole nitrogens is 1. The minimum absolute atomic E-state index is 0.0834. The second-order valence-corrected chi connectivity index (χ2v) is 4.25. The van der Waals surface area contributed by atoms with Crippen LogP contribution in [0.5, 0.6) is 0 Å². The van der Waals surface area contributed by atoms with E-state index in [2.05, 4.69) is 25.6 Å². The van der Waals surface area contributed by atoms with E-state index in [0.717, 1.165) is 0 Å². The smallest absolute Gasteiger partial charge is 0.306 e. The van der Waals surface area contributed by atoms with E-state index >= 15 is 0 Å². The number of hydrogen-bond acceptors (Lipinski definition) is 4. The second kappa shape index (κ2) is 5.41. The molecule has 0 aliphatic heterocycles. The molecule has 0 saturated heterocycles. The number of rotatable bonds is 2. The number of aromatic amines is 1. The third-order valence-electron chi connectivity index (χ3n) is 2.76. The molecule has 2 amide bonds. The SMILES string of the molecule is O=C(Nc1cccnc1)Nc1nc2ccccc2c(=O)[nH]1. The van der Waals surface area contributed by atoms with Crippen LogP contribution < -0.4 is 16.2 Å². The summed E-state index contributed by atoms with van der Waals surface area (Å²) in [4.78, 5) is 34.3. The van der Waals surface area contributed by atoms with Crippen molar-refractivity contribution in [2.24, 2.45) is 0 Å². The Hall–Kier alpha value is -3.22. The largest absolute Gasteiger partial charge is 0.326 e. The molecule has 2 heterocycles. The Labute approximate surface area is 119 Å². The van der Waals surface area contributed by atoms with E-state index < -0.39 is 6.03 Å². The molecular formula is C14H11N5O2. The Balaban J connectivity index is 1.82. The Morgan fingerprint density at radius 3 is 2.76 bits per heavy atom. The molecule has 3 aromatic rings. The van der Waals surface area contributed by atoms with Gasteiger partial charge in [-0.25, -0.2) is 9.78 Å². The molecule has 7 nitrogen and oxygen atoms in total. The van der Waals surface area contributed by atoms with E-state index in [1.165, 1.54) is 6.20 Å². The van der Waals surface area contributed by atoms with Crippen LogP contribution in [0.25, 0.3) is 10.9 Å². The minimum Gasteiger partial charge on any atom is -0.306 e. The van der Waals surface area contributed by atoms with E-state index in [4.69, 9.17) is 0 Å². The molecule has 3 N–H and O–H groups in total. The number of fused-ring (bicyclic) bond motifs is 1. The van der Waals surface area contributed by atoms with E-state index in [1.54, 1.807) is 42.6 Å². The fourth-order valence-electron chi connectivity index (χ4n) is 1.85. The van der Waals surface area contributed by atoms with Crippen molar-refractivity contribution in [2.75, 3.05) is 10.6 Å². The number of benzene rings is 1. The van der Waals surface area contributed by atoms with Gasteiger partial charge in [-0.05, 0) is 24.3 Å². The van der Waals surface area contributed by atoms with Crippen LogP contribution in [0.1, 0.15) is 0 Å². The number of anilines is 2. The molecule has 0 unspecified atom stereocenters. The van der Waals surface area contributed by atoms with Gasteiger partial charge in [-0.2, -0.15) is 0 Å². The quantitative estimate of drug-likeness (QED) is 0.668. The summed E-state index contributed by atoms with van der Waals surface area (Å²) >= 11 is 0. The average Bonchev–Trinajstić information content (AvgIpc) is 2.48. The summed E-state index contributed by atoms with van der Waals surface area (Å²) in [5.74, 6) is 0.0834. The van der Waals surface area contributed by atoms with Crippen LogP contribution in [0.2, 0.25) is 0 Å². The van der Waals surface area contributed by atoms with Gasteiger partial charge in [0.1, 0.15) is 0 Å². The van der Waals surface area contributed by atoms with Crippen molar-refractivity contribution < 1.29 is 4.79 Å². The number of nitrogens with zero attached hydrogens (tertiary/aromatic N) is 2. The number of para-hydroxylation sites is 1. The fourth-order valence-corrected chi connectivity index (χ4v) is 1.85. The average molecular weight is 281 g/mol. The van der Waals surface area contributed by atoms with Crippen LogP contribution in [0, 0.1) is 0 Å². The molecule has 0 aliphatic carbocycles. The van der Waals surface area contributed by atoms with E-state index in [1.807, 2.05) is 0 Å². The number of pyridine rings is 1. The highest BCUT2D eigenvalue weighted by Crippen LogP contribution is 2.08. The van der Waals surface area contributed by atoms with Crippen molar-refractivity contribution in [3.63, 3.8) is 0 Å². The predicted molar refractivity (Wildman–Crippen MR) is 79.2 cm³/mol. The number of amides is 2. The number of nitrogens with one attached hydrogen (secondary N) is 3. The number of carbonyl (C=O) groups is 1. The van der Waals surface area contributed by atoms with Crippen LogP contribution >= 0.6 is 0 Å². The first-order valence-electron chi connectivity index (χ1n) is 6.19. The number of hydrogen-bond donors (Lipinski definition) is 3. The van der Waals surface area contributed by atoms with E-state index in [0.29, 0.717) is 16.6 Å². The second-order valence-electron chi connectivity index (χ2n) is 4.25. The Morgan fingerprint density at radius 2 is 1.95 bits per heavy atom. The highest BCUT2D eigenvalue weighted by Gasteiger charge is 2.07. The zero-order valence-corrected chi connectivity index (χ0v) is 10.8. The lowest BCUT2D eigenvalue weighted by atomic mass is 10.2. The van der Waals surface area contributed by atoms with Crippen LogP contribution in [0.4, 0.5) is 16.4 Å². The Kier molecular flexibility index (Phi) is 3.30. The Bertz CT molecular complexity index is 845. The normalized spacial score (nSPS) is 10.3. The molecule has 104 valence electrons. The van der Waals surface area contributed by atoms with E-state index in [-0.39, 0.29) is 11.5 Å². The molecular weight excluding hydrogens is 270 g/mol. The lowest BCUT2D eigenvalue weighted by molar-refractivity contribution is 0.262. The Morgan fingerprint density at radius 1 is 1.10 bits per heavy atom. The molecule has 1 aromatic carbocycles. The van der Waals surface area contributed by atoms with Crippen molar-refractivity contribution >= 4 is 28.6 Å². The lowest BCUT2D eigenvalue weighted by Crippen LogP contribution is -2.23. The van der Waals surface area contributed by atoms with Gasteiger partial charge in [0.05, 0.1) is 22.8 Å². The van der Waals surface area contributed by atoms with Crippen molar-refractivity contribution in [1.29, 1.82) is 0 Å². The zero-order chi connectivity index (χ0) is 14.7. The summed E-state index contributed by atoms with van der Waals surface area (Å²) in [5.41, 5.74) is 0.744. The van der Waals surface area contributed by atoms with Crippen LogP contribution in [0.15, 0.2) is 53.6 Å². The number of urea groups is 1. The third-order valence-corrected chi connectivity index (χ3v) is 2.76. The fraction of sp³-hybridized carbons (Fsp3) is 0. The first-order valence-corrected chi connectivity index (χ1v) is 6.19. The molecule has 21 heavy (non-hydrogen) atoms. The van der Waals surface area contributed by atoms with Crippen molar-refractivity contribution in [1.82, 2.24) is 15.0 Å². The predicted octanol–water partition coefficient (Wildman–Crippen LogP) is 1.96. The molecule has 0 aliphatic rings. The van der Waals surface area contributed by atoms with Crippen molar-refractivity contribution in [3.05, 3.63) is 59.1 Å². The maximum atomic E-state index is 11.9. The highest BCUT2D eigenvalue weighted by molar-refractivity contribution is 5.98. The standard InChI is InChI=1S/C14H11N5O2/c20-12-10-5-1-2-6-11(10)17-13(18-12)19-14(21)16-9-4-3-7-15-8-9/h1-8H,(H3,16,17,18,19,20,21). The zero-order valence-electron chi connectivity index (χ0n) is 10.8. The van der Waals surface area contributed by atoms with Crippen molar-refractivity contribution in [3.8, 4) is 0 Å². The molecule has 0 spiro atoms. The molecule has 0 bridgehead atoms. The third kappa shape index (κ3) is 2.86. The molecule has 0 radical (unpaired) electrons. The van der Waals surface area contributed by atoms with Crippen LogP contribution in [-0.4, -0.2) is 21.0 Å². The minimum atomic E-state index is -0.513. The number of carbonyl (C=O) groups excluding carboxylic acids is 1. The van der Waals surface area contributed by atoms with Gasteiger partial charge in [-0.3, -0.25) is 20.1 Å². The first kappa shape index (κ1) is 12.8. The monoisotopic (exact) mass is 281 g/mol. The molecule has 0 atom stereocenters. The first-order chi connectivity index (χ1) is 10.2. The topological polar surface area (TPSA) is 99.8 Å². The van der Waals surface area contributed by atoms with Gasteiger partial charge >= 0.3 is 6.03 Å². The molecule has 0 fully saturated rings.